The van der Waals surface area contributed by atoms with E-state index in [1.54, 1.807) is 23.1 Å². The minimum absolute atomic E-state index is 0.0171. The first kappa shape index (κ1) is 23.1. The monoisotopic (exact) mass is 457 g/mol. The Morgan fingerprint density at radius 2 is 1.88 bits per heavy atom. The summed E-state index contributed by atoms with van der Waals surface area (Å²) in [4.78, 5) is 12.6. The van der Waals surface area contributed by atoms with Crippen LogP contribution in [0.2, 0.25) is 0 Å². The molecule has 2 unspecified atom stereocenters. The van der Waals surface area contributed by atoms with Crippen LogP contribution in [0.3, 0.4) is 0 Å². The van der Waals surface area contributed by atoms with Crippen LogP contribution in [0, 0.1) is 11.6 Å². The second kappa shape index (κ2) is 8.37. The van der Waals surface area contributed by atoms with Gasteiger partial charge in [0.1, 0.15) is 23.1 Å². The summed E-state index contributed by atoms with van der Waals surface area (Å²) >= 11 is 0. The number of nitrogens with zero attached hydrogens (tertiary/aromatic N) is 1. The number of phenols is 1. The molecule has 0 bridgehead atoms. The van der Waals surface area contributed by atoms with E-state index in [1.165, 1.54) is 13.8 Å². The Hall–Kier alpha value is -3.06. The van der Waals surface area contributed by atoms with Crippen molar-refractivity contribution in [1.82, 2.24) is 4.90 Å². The highest BCUT2D eigenvalue weighted by Crippen LogP contribution is 2.50. The van der Waals surface area contributed by atoms with Crippen LogP contribution < -0.4 is 0 Å². The summed E-state index contributed by atoms with van der Waals surface area (Å²) in [5, 5.41) is 18.8. The molecular weight excluding hydrogens is 431 g/mol. The highest BCUT2D eigenvalue weighted by Gasteiger charge is 2.43. The topological polar surface area (TPSA) is 60.8 Å². The third-order valence-corrected chi connectivity index (χ3v) is 6.27. The van der Waals surface area contributed by atoms with Crippen molar-refractivity contribution in [3.8, 4) is 5.75 Å². The van der Waals surface area contributed by atoms with Crippen molar-refractivity contribution >= 4 is 17.6 Å². The predicted octanol–water partition coefficient (Wildman–Crippen LogP) is 5.66. The second-order valence-corrected chi connectivity index (χ2v) is 9.44. The molecule has 2 aromatic carbocycles. The molecule has 0 amide bonds. The second-order valence-electron chi connectivity index (χ2n) is 9.44. The van der Waals surface area contributed by atoms with Crippen molar-refractivity contribution in [2.24, 2.45) is 0 Å². The van der Waals surface area contributed by atoms with Crippen LogP contribution in [-0.2, 0) is 11.2 Å². The van der Waals surface area contributed by atoms with Gasteiger partial charge >= 0.3 is 5.97 Å². The minimum Gasteiger partial charge on any atom is -0.508 e. The number of carboxylic acids is 1. The van der Waals surface area contributed by atoms with Crippen LogP contribution in [0.15, 0.2) is 42.0 Å². The number of hydrogen-bond donors (Lipinski definition) is 2. The molecule has 0 fully saturated rings. The van der Waals surface area contributed by atoms with Crippen molar-refractivity contribution in [3.05, 3.63) is 75.9 Å². The van der Waals surface area contributed by atoms with Crippen molar-refractivity contribution in [2.75, 3.05) is 6.54 Å². The number of alkyl halides is 1. The molecule has 1 aliphatic heterocycles. The van der Waals surface area contributed by atoms with E-state index in [0.717, 1.165) is 46.6 Å². The molecule has 2 aliphatic rings. The van der Waals surface area contributed by atoms with Gasteiger partial charge in [0.2, 0.25) is 0 Å². The molecule has 0 saturated carbocycles. The van der Waals surface area contributed by atoms with E-state index in [-0.39, 0.29) is 29.5 Å². The van der Waals surface area contributed by atoms with Gasteiger partial charge < -0.3 is 10.2 Å². The molecule has 4 nitrogen and oxygen atoms in total. The van der Waals surface area contributed by atoms with Gasteiger partial charge in [0.05, 0.1) is 6.04 Å². The van der Waals surface area contributed by atoms with E-state index in [9.17, 15) is 14.3 Å². The minimum atomic E-state index is -1.59. The Kier molecular flexibility index (Phi) is 5.86. The number of carbonyl (C=O) groups is 1. The lowest BCUT2D eigenvalue weighted by molar-refractivity contribution is -0.131. The summed E-state index contributed by atoms with van der Waals surface area (Å²) in [7, 11) is 0. The van der Waals surface area contributed by atoms with Crippen molar-refractivity contribution < 1.29 is 28.2 Å². The molecule has 2 N–H and O–H groups in total. The molecular formula is C26H26F3NO3. The van der Waals surface area contributed by atoms with Crippen molar-refractivity contribution in [3.63, 3.8) is 0 Å². The zero-order valence-corrected chi connectivity index (χ0v) is 18.7. The predicted molar refractivity (Wildman–Crippen MR) is 120 cm³/mol. The van der Waals surface area contributed by atoms with Crippen molar-refractivity contribution in [1.29, 1.82) is 0 Å². The van der Waals surface area contributed by atoms with E-state index in [0.29, 0.717) is 12.8 Å². The van der Waals surface area contributed by atoms with Gasteiger partial charge in [-0.25, -0.2) is 18.0 Å². The molecule has 174 valence electrons. The number of hydrogen-bond acceptors (Lipinski definition) is 3. The van der Waals surface area contributed by atoms with Gasteiger partial charge in [-0.1, -0.05) is 6.07 Å². The Morgan fingerprint density at radius 1 is 1.21 bits per heavy atom. The van der Waals surface area contributed by atoms with Gasteiger partial charge in [-0.05, 0) is 91.8 Å². The Labute approximate surface area is 190 Å². The number of benzene rings is 2. The smallest absolute Gasteiger partial charge is 0.328 e. The molecule has 0 radical (unpaired) electrons. The van der Waals surface area contributed by atoms with Gasteiger partial charge in [-0.2, -0.15) is 0 Å². The first-order valence-electron chi connectivity index (χ1n) is 10.8. The number of carboxylic acid groups (broad SMARTS) is 1. The van der Waals surface area contributed by atoms with Crippen LogP contribution in [0.1, 0.15) is 55.5 Å². The SMILES string of the molecule is CC1CC2=C(Cc3ccc(O)cc32)C(c2c(F)cc(/C=C/C(=O)O)cc2F)N1CC(C)(C)F. The molecule has 1 heterocycles. The number of aromatic hydroxyl groups is 1. The maximum Gasteiger partial charge on any atom is 0.328 e. The zero-order chi connectivity index (χ0) is 24.1. The van der Waals surface area contributed by atoms with E-state index in [2.05, 4.69) is 0 Å². The molecule has 4 rings (SSSR count). The third kappa shape index (κ3) is 4.55. The zero-order valence-electron chi connectivity index (χ0n) is 18.7. The number of phenolic OH excluding ortho intramolecular Hbond substituents is 1. The number of halogens is 3. The Morgan fingerprint density at radius 3 is 2.48 bits per heavy atom. The highest BCUT2D eigenvalue weighted by molar-refractivity contribution is 5.85. The molecule has 1 aliphatic carbocycles. The molecule has 33 heavy (non-hydrogen) atoms. The highest BCUT2D eigenvalue weighted by atomic mass is 19.1. The maximum atomic E-state index is 15.4. The summed E-state index contributed by atoms with van der Waals surface area (Å²) < 4.78 is 45.6. The van der Waals surface area contributed by atoms with Gasteiger partial charge in [-0.15, -0.1) is 0 Å². The lowest BCUT2D eigenvalue weighted by atomic mass is 9.83. The lowest BCUT2D eigenvalue weighted by Crippen LogP contribution is -2.47. The Balaban J connectivity index is 1.87. The molecule has 7 heteroatoms. The van der Waals surface area contributed by atoms with Crippen LogP contribution in [0.25, 0.3) is 11.6 Å². The number of fused-ring (bicyclic) bond motifs is 2. The molecule has 0 spiro atoms. The molecule has 2 atom stereocenters. The first-order chi connectivity index (χ1) is 15.4. The van der Waals surface area contributed by atoms with Gasteiger partial charge in [0, 0.05) is 24.2 Å². The fourth-order valence-electron chi connectivity index (χ4n) is 5.00. The first-order valence-corrected chi connectivity index (χ1v) is 10.8. The van der Waals surface area contributed by atoms with Gasteiger partial charge in [0.15, 0.2) is 0 Å². The summed E-state index contributed by atoms with van der Waals surface area (Å²) in [6, 6.07) is 6.23. The van der Waals surface area contributed by atoms with Gasteiger partial charge in [-0.3, -0.25) is 4.90 Å². The summed E-state index contributed by atoms with van der Waals surface area (Å²) in [5.41, 5.74) is 1.87. The van der Waals surface area contributed by atoms with E-state index in [4.69, 9.17) is 5.11 Å². The summed E-state index contributed by atoms with van der Waals surface area (Å²) in [6.45, 7) is 4.77. The van der Waals surface area contributed by atoms with Crippen LogP contribution in [0.4, 0.5) is 13.2 Å². The third-order valence-electron chi connectivity index (χ3n) is 6.27. The largest absolute Gasteiger partial charge is 0.508 e. The summed E-state index contributed by atoms with van der Waals surface area (Å²) in [6.07, 6.45) is 2.96. The fourth-order valence-corrected chi connectivity index (χ4v) is 5.00. The average Bonchev–Trinajstić information content (AvgIpc) is 3.04. The van der Waals surface area contributed by atoms with Crippen LogP contribution in [0.5, 0.6) is 5.75 Å². The molecule has 0 saturated heterocycles. The van der Waals surface area contributed by atoms with E-state index >= 15 is 8.78 Å². The summed E-state index contributed by atoms with van der Waals surface area (Å²) in [5.74, 6) is -2.73. The quantitative estimate of drug-likeness (QED) is 0.569. The van der Waals surface area contributed by atoms with Crippen LogP contribution in [-0.4, -0.2) is 39.3 Å². The lowest BCUT2D eigenvalue weighted by Gasteiger charge is -2.44. The Bertz CT molecular complexity index is 1160. The molecule has 2 aromatic rings. The number of aliphatic carboxylic acids is 1. The van der Waals surface area contributed by atoms with Crippen LogP contribution >= 0.6 is 0 Å². The average molecular weight is 457 g/mol. The van der Waals surface area contributed by atoms with E-state index in [1.807, 2.05) is 6.92 Å². The normalized spacial score (nSPS) is 20.9. The standard InChI is InChI=1S/C26H26F3NO3/c1-14-8-19-18-12-17(31)6-5-16(18)11-20(19)25(30(14)13-26(2,3)29)24-21(27)9-15(10-22(24)28)4-7-23(32)33/h4-7,9-10,12,14,25,31H,8,11,13H2,1-3H3,(H,32,33)/b7-4+. The maximum absolute atomic E-state index is 15.4. The number of rotatable bonds is 5. The fraction of sp³-hybridized carbons (Fsp3) is 0.346. The molecule has 0 aromatic heterocycles. The van der Waals surface area contributed by atoms with Gasteiger partial charge in [0.25, 0.3) is 0 Å². The van der Waals surface area contributed by atoms with E-state index < -0.39 is 29.3 Å². The van der Waals surface area contributed by atoms with Crippen molar-refractivity contribution in [2.45, 2.75) is 51.4 Å².